The minimum absolute atomic E-state index is 0.495. The Kier molecular flexibility index (Phi) is 4.88. The molecular weight excluding hydrogens is 250 g/mol. The van der Waals surface area contributed by atoms with Gasteiger partial charge in [0, 0.05) is 11.8 Å². The molecule has 0 saturated heterocycles. The zero-order chi connectivity index (χ0) is 14.4. The van der Waals surface area contributed by atoms with Gasteiger partial charge >= 0.3 is 0 Å². The fraction of sp³-hybridized carbons (Fsp3) is 0.294. The van der Waals surface area contributed by atoms with Crippen LogP contribution in [0.3, 0.4) is 0 Å². The van der Waals surface area contributed by atoms with Crippen LogP contribution < -0.4 is 15.2 Å². The Labute approximate surface area is 120 Å². The number of hydrogen-bond donors (Lipinski definition) is 1. The lowest BCUT2D eigenvalue weighted by Crippen LogP contribution is -2.09. The first-order valence-electron chi connectivity index (χ1n) is 6.86. The maximum Gasteiger partial charge on any atom is 0.122 e. The van der Waals surface area contributed by atoms with Gasteiger partial charge in [-0.15, -0.1) is 0 Å². The van der Waals surface area contributed by atoms with Crippen LogP contribution >= 0.6 is 0 Å². The van der Waals surface area contributed by atoms with E-state index in [0.29, 0.717) is 24.8 Å². The van der Waals surface area contributed by atoms with Crippen molar-refractivity contribution in [1.82, 2.24) is 0 Å². The number of ether oxygens (including phenoxy) is 2. The summed E-state index contributed by atoms with van der Waals surface area (Å²) in [7, 11) is 0. The molecule has 0 atom stereocenters. The van der Waals surface area contributed by atoms with Gasteiger partial charge in [0.2, 0.25) is 0 Å². The van der Waals surface area contributed by atoms with Crippen molar-refractivity contribution in [3.8, 4) is 11.5 Å². The van der Waals surface area contributed by atoms with Gasteiger partial charge in [0.25, 0.3) is 0 Å². The van der Waals surface area contributed by atoms with E-state index in [-0.39, 0.29) is 0 Å². The van der Waals surface area contributed by atoms with Crippen molar-refractivity contribution in [1.29, 1.82) is 0 Å². The van der Waals surface area contributed by atoms with Gasteiger partial charge in [0.15, 0.2) is 0 Å². The standard InChI is InChI=1S/C17H21NO2/c1-13(2)14-5-3-7-16(11-14)19-9-10-20-17-8-4-6-15(18)12-17/h3-8,11-13H,9-10,18H2,1-2H3. The molecule has 0 amide bonds. The molecule has 3 heteroatoms. The van der Waals surface area contributed by atoms with Crippen LogP contribution in [0.5, 0.6) is 11.5 Å². The molecule has 0 spiro atoms. The molecule has 2 rings (SSSR count). The Balaban J connectivity index is 1.80. The van der Waals surface area contributed by atoms with E-state index in [1.54, 1.807) is 6.07 Å². The lowest BCUT2D eigenvalue weighted by atomic mass is 10.0. The highest BCUT2D eigenvalue weighted by atomic mass is 16.5. The summed E-state index contributed by atoms with van der Waals surface area (Å²) in [6.45, 7) is 5.34. The predicted octanol–water partition coefficient (Wildman–Crippen LogP) is 3.85. The van der Waals surface area contributed by atoms with E-state index in [9.17, 15) is 0 Å². The van der Waals surface area contributed by atoms with E-state index in [2.05, 4.69) is 26.0 Å². The SMILES string of the molecule is CC(C)c1cccc(OCCOc2cccc(N)c2)c1. The molecule has 0 heterocycles. The molecule has 0 aliphatic rings. The van der Waals surface area contributed by atoms with Crippen molar-refractivity contribution in [2.24, 2.45) is 0 Å². The third-order valence-corrected chi connectivity index (χ3v) is 3.00. The zero-order valence-corrected chi connectivity index (χ0v) is 12.0. The second-order valence-corrected chi connectivity index (χ2v) is 5.00. The van der Waals surface area contributed by atoms with E-state index in [4.69, 9.17) is 15.2 Å². The van der Waals surface area contributed by atoms with Crippen LogP contribution in [0, 0.1) is 0 Å². The number of nitrogens with two attached hydrogens (primary N) is 1. The van der Waals surface area contributed by atoms with E-state index >= 15 is 0 Å². The molecule has 0 aromatic heterocycles. The second kappa shape index (κ2) is 6.85. The highest BCUT2D eigenvalue weighted by Crippen LogP contribution is 2.20. The van der Waals surface area contributed by atoms with Gasteiger partial charge in [-0.25, -0.2) is 0 Å². The molecule has 20 heavy (non-hydrogen) atoms. The number of nitrogen functional groups attached to an aromatic ring is 1. The van der Waals surface area contributed by atoms with Crippen molar-refractivity contribution in [2.75, 3.05) is 18.9 Å². The molecule has 0 aliphatic heterocycles. The van der Waals surface area contributed by atoms with Gasteiger partial charge in [0.05, 0.1) is 0 Å². The first-order chi connectivity index (χ1) is 9.65. The lowest BCUT2D eigenvalue weighted by Gasteiger charge is -2.11. The molecular formula is C17H21NO2. The van der Waals surface area contributed by atoms with Crippen LogP contribution in [0.25, 0.3) is 0 Å². The van der Waals surface area contributed by atoms with Crippen molar-refractivity contribution >= 4 is 5.69 Å². The smallest absolute Gasteiger partial charge is 0.122 e. The summed E-state index contributed by atoms with van der Waals surface area (Å²) in [6, 6.07) is 15.6. The van der Waals surface area contributed by atoms with Crippen molar-refractivity contribution in [3.05, 3.63) is 54.1 Å². The Bertz CT molecular complexity index is 552. The van der Waals surface area contributed by atoms with E-state index < -0.39 is 0 Å². The lowest BCUT2D eigenvalue weighted by molar-refractivity contribution is 0.217. The monoisotopic (exact) mass is 271 g/mol. The molecule has 2 N–H and O–H groups in total. The van der Waals surface area contributed by atoms with Gasteiger partial charge in [-0.2, -0.15) is 0 Å². The molecule has 2 aromatic carbocycles. The molecule has 106 valence electrons. The third-order valence-electron chi connectivity index (χ3n) is 3.00. The zero-order valence-electron chi connectivity index (χ0n) is 12.0. The van der Waals surface area contributed by atoms with E-state index in [0.717, 1.165) is 11.5 Å². The molecule has 3 nitrogen and oxygen atoms in total. The molecule has 0 unspecified atom stereocenters. The summed E-state index contributed by atoms with van der Waals surface area (Å²) in [6.07, 6.45) is 0. The van der Waals surface area contributed by atoms with Gasteiger partial charge in [-0.1, -0.05) is 32.0 Å². The number of benzene rings is 2. The first kappa shape index (κ1) is 14.3. The second-order valence-electron chi connectivity index (χ2n) is 5.00. The molecule has 0 aliphatic carbocycles. The summed E-state index contributed by atoms with van der Waals surface area (Å²) in [4.78, 5) is 0. The summed E-state index contributed by atoms with van der Waals surface area (Å²) in [5, 5.41) is 0. The topological polar surface area (TPSA) is 44.5 Å². The van der Waals surface area contributed by atoms with E-state index in [1.165, 1.54) is 5.56 Å². The van der Waals surface area contributed by atoms with Crippen LogP contribution in [0.2, 0.25) is 0 Å². The fourth-order valence-electron chi connectivity index (χ4n) is 1.89. The maximum absolute atomic E-state index is 5.69. The van der Waals surface area contributed by atoms with Crippen molar-refractivity contribution in [2.45, 2.75) is 19.8 Å². The largest absolute Gasteiger partial charge is 0.490 e. The third kappa shape index (κ3) is 4.19. The summed E-state index contributed by atoms with van der Waals surface area (Å²) >= 11 is 0. The van der Waals surface area contributed by atoms with Crippen LogP contribution in [0.4, 0.5) is 5.69 Å². The summed E-state index contributed by atoms with van der Waals surface area (Å²) < 4.78 is 11.3. The van der Waals surface area contributed by atoms with Crippen LogP contribution in [-0.4, -0.2) is 13.2 Å². The minimum atomic E-state index is 0.495. The average molecular weight is 271 g/mol. The maximum atomic E-state index is 5.69. The van der Waals surface area contributed by atoms with Crippen LogP contribution in [0.1, 0.15) is 25.3 Å². The Morgan fingerprint density at radius 1 is 0.900 bits per heavy atom. The summed E-state index contributed by atoms with van der Waals surface area (Å²) in [5.74, 6) is 2.15. The van der Waals surface area contributed by atoms with Crippen molar-refractivity contribution < 1.29 is 9.47 Å². The first-order valence-corrected chi connectivity index (χ1v) is 6.86. The number of rotatable bonds is 6. The highest BCUT2D eigenvalue weighted by Gasteiger charge is 2.01. The number of hydrogen-bond acceptors (Lipinski definition) is 3. The Morgan fingerprint density at radius 3 is 2.10 bits per heavy atom. The molecule has 0 fully saturated rings. The average Bonchev–Trinajstić information content (AvgIpc) is 2.44. The quantitative estimate of drug-likeness (QED) is 0.641. The Morgan fingerprint density at radius 2 is 1.50 bits per heavy atom. The van der Waals surface area contributed by atoms with Crippen LogP contribution in [0.15, 0.2) is 48.5 Å². The highest BCUT2D eigenvalue weighted by molar-refractivity contribution is 5.43. The van der Waals surface area contributed by atoms with Crippen LogP contribution in [-0.2, 0) is 0 Å². The normalized spacial score (nSPS) is 10.6. The van der Waals surface area contributed by atoms with Crippen molar-refractivity contribution in [3.63, 3.8) is 0 Å². The predicted molar refractivity (Wildman–Crippen MR) is 82.4 cm³/mol. The fourth-order valence-corrected chi connectivity index (χ4v) is 1.89. The molecule has 0 bridgehead atoms. The summed E-state index contributed by atoms with van der Waals surface area (Å²) in [5.41, 5.74) is 7.67. The van der Waals surface area contributed by atoms with Gasteiger partial charge in [-0.05, 0) is 35.7 Å². The minimum Gasteiger partial charge on any atom is -0.490 e. The Hall–Kier alpha value is -2.16. The van der Waals surface area contributed by atoms with Gasteiger partial charge in [0.1, 0.15) is 24.7 Å². The molecule has 0 radical (unpaired) electrons. The molecule has 0 saturated carbocycles. The van der Waals surface area contributed by atoms with E-state index in [1.807, 2.05) is 30.3 Å². The molecule has 2 aromatic rings. The van der Waals surface area contributed by atoms with Gasteiger partial charge < -0.3 is 15.2 Å². The van der Waals surface area contributed by atoms with Gasteiger partial charge in [-0.3, -0.25) is 0 Å². The number of anilines is 1.